The van der Waals surface area contributed by atoms with Gasteiger partial charge in [0.25, 0.3) is 11.5 Å². The first-order chi connectivity index (χ1) is 12.5. The Kier molecular flexibility index (Phi) is 4.92. The van der Waals surface area contributed by atoms with Crippen LogP contribution in [0.2, 0.25) is 0 Å². The molecule has 0 aliphatic rings. The summed E-state index contributed by atoms with van der Waals surface area (Å²) in [4.78, 5) is 26.5. The van der Waals surface area contributed by atoms with Gasteiger partial charge in [-0.05, 0) is 36.4 Å². The van der Waals surface area contributed by atoms with Crippen LogP contribution in [-0.4, -0.2) is 41.5 Å². The standard InChI is InChI=1S/C18H18FN5O2/c1-23(2)14-5-3-4-12(10-14)17(25)20-8-9-24-18(26)15-11-13(19)6-7-16(15)21-22-24/h3-7,10-11H,8-9H2,1-2H3,(H,20,25). The molecule has 2 aromatic carbocycles. The Morgan fingerprint density at radius 1 is 1.23 bits per heavy atom. The molecule has 0 fully saturated rings. The van der Waals surface area contributed by atoms with Crippen LogP contribution in [0.4, 0.5) is 10.1 Å². The first-order valence-corrected chi connectivity index (χ1v) is 8.04. The summed E-state index contributed by atoms with van der Waals surface area (Å²) in [5.41, 5.74) is 1.32. The molecule has 8 heteroatoms. The molecule has 134 valence electrons. The molecule has 0 unspecified atom stereocenters. The summed E-state index contributed by atoms with van der Waals surface area (Å²) in [6.07, 6.45) is 0. The van der Waals surface area contributed by atoms with E-state index < -0.39 is 11.4 Å². The number of benzene rings is 2. The molecule has 3 aromatic rings. The Bertz CT molecular complexity index is 1020. The van der Waals surface area contributed by atoms with Gasteiger partial charge in [0.2, 0.25) is 0 Å². The molecule has 0 aliphatic heterocycles. The van der Waals surface area contributed by atoms with Gasteiger partial charge in [0, 0.05) is 31.9 Å². The van der Waals surface area contributed by atoms with E-state index in [9.17, 15) is 14.0 Å². The number of carbonyl (C=O) groups is 1. The minimum absolute atomic E-state index is 0.136. The average Bonchev–Trinajstić information content (AvgIpc) is 2.64. The van der Waals surface area contributed by atoms with Gasteiger partial charge < -0.3 is 10.2 Å². The van der Waals surface area contributed by atoms with Crippen LogP contribution in [0.5, 0.6) is 0 Å². The number of amides is 1. The Morgan fingerprint density at radius 2 is 2.04 bits per heavy atom. The number of halogens is 1. The molecule has 1 heterocycles. The maximum Gasteiger partial charge on any atom is 0.277 e. The lowest BCUT2D eigenvalue weighted by Crippen LogP contribution is -2.32. The zero-order chi connectivity index (χ0) is 18.7. The minimum Gasteiger partial charge on any atom is -0.378 e. The van der Waals surface area contributed by atoms with Gasteiger partial charge in [0.1, 0.15) is 11.3 Å². The topological polar surface area (TPSA) is 80.1 Å². The van der Waals surface area contributed by atoms with Crippen LogP contribution in [0.25, 0.3) is 10.9 Å². The van der Waals surface area contributed by atoms with Crippen LogP contribution in [0.3, 0.4) is 0 Å². The molecule has 0 radical (unpaired) electrons. The van der Waals surface area contributed by atoms with E-state index in [1.165, 1.54) is 12.1 Å². The van der Waals surface area contributed by atoms with E-state index in [2.05, 4.69) is 15.6 Å². The molecule has 1 amide bonds. The number of carbonyl (C=O) groups excluding carboxylic acids is 1. The molecule has 0 saturated carbocycles. The van der Waals surface area contributed by atoms with Crippen molar-refractivity contribution >= 4 is 22.5 Å². The largest absolute Gasteiger partial charge is 0.378 e. The molecule has 0 bridgehead atoms. The summed E-state index contributed by atoms with van der Waals surface area (Å²) in [5.74, 6) is -0.759. The molecule has 0 spiro atoms. The van der Waals surface area contributed by atoms with Crippen LogP contribution in [0.15, 0.2) is 47.3 Å². The number of nitrogens with one attached hydrogen (secondary N) is 1. The maximum atomic E-state index is 13.3. The summed E-state index contributed by atoms with van der Waals surface area (Å²) in [6, 6.07) is 11.0. The van der Waals surface area contributed by atoms with Crippen LogP contribution in [0.1, 0.15) is 10.4 Å². The Balaban J connectivity index is 1.69. The fraction of sp³-hybridized carbons (Fsp3) is 0.222. The number of aromatic nitrogens is 3. The summed E-state index contributed by atoms with van der Waals surface area (Å²) < 4.78 is 14.4. The number of nitrogens with zero attached hydrogens (tertiary/aromatic N) is 4. The van der Waals surface area contributed by atoms with Crippen LogP contribution in [0, 0.1) is 5.82 Å². The highest BCUT2D eigenvalue weighted by molar-refractivity contribution is 5.95. The van der Waals surface area contributed by atoms with E-state index in [1.54, 1.807) is 18.2 Å². The van der Waals surface area contributed by atoms with E-state index in [-0.39, 0.29) is 24.4 Å². The first-order valence-electron chi connectivity index (χ1n) is 8.04. The predicted octanol–water partition coefficient (Wildman–Crippen LogP) is 1.43. The molecule has 26 heavy (non-hydrogen) atoms. The predicted molar refractivity (Wildman–Crippen MR) is 96.9 cm³/mol. The van der Waals surface area contributed by atoms with Crippen molar-refractivity contribution in [2.45, 2.75) is 6.54 Å². The van der Waals surface area contributed by atoms with Gasteiger partial charge in [-0.3, -0.25) is 9.59 Å². The van der Waals surface area contributed by atoms with Crippen molar-refractivity contribution in [3.8, 4) is 0 Å². The van der Waals surface area contributed by atoms with Gasteiger partial charge in [-0.1, -0.05) is 11.3 Å². The van der Waals surface area contributed by atoms with Gasteiger partial charge in [-0.15, -0.1) is 5.10 Å². The summed E-state index contributed by atoms with van der Waals surface area (Å²) >= 11 is 0. The average molecular weight is 355 g/mol. The van der Waals surface area contributed by atoms with Gasteiger partial charge in [-0.25, -0.2) is 9.07 Å². The summed E-state index contributed by atoms with van der Waals surface area (Å²) in [7, 11) is 3.79. The lowest BCUT2D eigenvalue weighted by Gasteiger charge is -2.13. The van der Waals surface area contributed by atoms with Gasteiger partial charge in [-0.2, -0.15) is 0 Å². The van der Waals surface area contributed by atoms with Crippen molar-refractivity contribution in [3.63, 3.8) is 0 Å². The van der Waals surface area contributed by atoms with E-state index in [0.29, 0.717) is 11.1 Å². The Labute approximate surface area is 149 Å². The van der Waals surface area contributed by atoms with Crippen molar-refractivity contribution in [1.82, 2.24) is 20.3 Å². The highest BCUT2D eigenvalue weighted by Crippen LogP contribution is 2.13. The second-order valence-electron chi connectivity index (χ2n) is 5.98. The van der Waals surface area contributed by atoms with Gasteiger partial charge >= 0.3 is 0 Å². The highest BCUT2D eigenvalue weighted by atomic mass is 19.1. The van der Waals surface area contributed by atoms with E-state index in [0.717, 1.165) is 16.4 Å². The molecule has 1 aromatic heterocycles. The third-order valence-electron chi connectivity index (χ3n) is 3.92. The van der Waals surface area contributed by atoms with Crippen molar-refractivity contribution in [1.29, 1.82) is 0 Å². The Hall–Kier alpha value is -3.29. The second-order valence-corrected chi connectivity index (χ2v) is 5.98. The third kappa shape index (κ3) is 3.69. The molecule has 0 saturated heterocycles. The van der Waals surface area contributed by atoms with Crippen LogP contribution >= 0.6 is 0 Å². The quantitative estimate of drug-likeness (QED) is 0.749. The van der Waals surface area contributed by atoms with E-state index in [1.807, 2.05) is 25.1 Å². The van der Waals surface area contributed by atoms with Crippen LogP contribution < -0.4 is 15.8 Å². The molecule has 7 nitrogen and oxygen atoms in total. The fourth-order valence-electron chi connectivity index (χ4n) is 2.50. The minimum atomic E-state index is -0.511. The number of hydrogen-bond acceptors (Lipinski definition) is 5. The smallest absolute Gasteiger partial charge is 0.277 e. The third-order valence-corrected chi connectivity index (χ3v) is 3.92. The molecule has 1 N–H and O–H groups in total. The van der Waals surface area contributed by atoms with Crippen molar-refractivity contribution in [3.05, 3.63) is 64.2 Å². The number of rotatable bonds is 5. The van der Waals surface area contributed by atoms with Crippen molar-refractivity contribution in [2.75, 3.05) is 25.5 Å². The fourth-order valence-corrected chi connectivity index (χ4v) is 2.50. The van der Waals surface area contributed by atoms with E-state index >= 15 is 0 Å². The summed E-state index contributed by atoms with van der Waals surface area (Å²) in [5, 5.41) is 10.6. The lowest BCUT2D eigenvalue weighted by atomic mass is 10.2. The zero-order valence-corrected chi connectivity index (χ0v) is 14.4. The number of fused-ring (bicyclic) bond motifs is 1. The first kappa shape index (κ1) is 17.5. The summed E-state index contributed by atoms with van der Waals surface area (Å²) in [6.45, 7) is 0.331. The molecule has 0 aliphatic carbocycles. The lowest BCUT2D eigenvalue weighted by molar-refractivity contribution is 0.0951. The number of hydrogen-bond donors (Lipinski definition) is 1. The molecule has 0 atom stereocenters. The van der Waals surface area contributed by atoms with Gasteiger partial charge in [0.05, 0.1) is 11.9 Å². The van der Waals surface area contributed by atoms with Gasteiger partial charge in [0.15, 0.2) is 0 Å². The van der Waals surface area contributed by atoms with Crippen LogP contribution in [-0.2, 0) is 6.54 Å². The zero-order valence-electron chi connectivity index (χ0n) is 14.4. The number of anilines is 1. The normalized spacial score (nSPS) is 10.7. The Morgan fingerprint density at radius 3 is 2.81 bits per heavy atom. The molecular formula is C18H18FN5O2. The van der Waals surface area contributed by atoms with Crippen molar-refractivity contribution < 1.29 is 9.18 Å². The van der Waals surface area contributed by atoms with E-state index in [4.69, 9.17) is 0 Å². The molecular weight excluding hydrogens is 337 g/mol. The van der Waals surface area contributed by atoms with Crippen molar-refractivity contribution in [2.24, 2.45) is 0 Å². The maximum absolute atomic E-state index is 13.3. The monoisotopic (exact) mass is 355 g/mol. The second kappa shape index (κ2) is 7.30. The highest BCUT2D eigenvalue weighted by Gasteiger charge is 2.09. The molecule has 3 rings (SSSR count). The SMILES string of the molecule is CN(C)c1cccc(C(=O)NCCn2nnc3ccc(F)cc3c2=O)c1.